The van der Waals surface area contributed by atoms with Gasteiger partial charge in [-0.25, -0.2) is 18.1 Å². The summed E-state index contributed by atoms with van der Waals surface area (Å²) < 4.78 is 33.0. The third kappa shape index (κ3) is 5.81. The maximum Gasteiger partial charge on any atom is 0.209 e. The fraction of sp³-hybridized carbons (Fsp3) is 0.565. The molecule has 1 aliphatic carbocycles. The number of rotatable bonds is 7. The van der Waals surface area contributed by atoms with Gasteiger partial charge in [-0.3, -0.25) is 4.98 Å². The molecule has 0 amide bonds. The van der Waals surface area contributed by atoms with Crippen LogP contribution in [-0.4, -0.2) is 56.0 Å². The number of benzene rings is 1. The van der Waals surface area contributed by atoms with Gasteiger partial charge in [-0.2, -0.15) is 0 Å². The molecule has 31 heavy (non-hydrogen) atoms. The van der Waals surface area contributed by atoms with Crippen molar-refractivity contribution in [2.24, 2.45) is 0 Å². The van der Waals surface area contributed by atoms with E-state index in [2.05, 4.69) is 49.9 Å². The zero-order valence-corrected chi connectivity index (χ0v) is 19.1. The first-order valence-corrected chi connectivity index (χ1v) is 13.0. The molecule has 0 radical (unpaired) electrons. The van der Waals surface area contributed by atoms with Crippen molar-refractivity contribution in [3.05, 3.63) is 54.0 Å². The van der Waals surface area contributed by atoms with E-state index in [0.717, 1.165) is 50.2 Å². The van der Waals surface area contributed by atoms with Crippen molar-refractivity contribution in [2.75, 3.05) is 24.3 Å². The van der Waals surface area contributed by atoms with E-state index in [-0.39, 0.29) is 18.2 Å². The minimum Gasteiger partial charge on any atom is -0.376 e. The maximum atomic E-state index is 11.9. The molecule has 2 heterocycles. The first-order valence-electron chi connectivity index (χ1n) is 11.1. The van der Waals surface area contributed by atoms with Gasteiger partial charge in [-0.05, 0) is 50.5 Å². The Morgan fingerprint density at radius 2 is 1.84 bits per heavy atom. The Morgan fingerprint density at radius 1 is 1.10 bits per heavy atom. The Balaban J connectivity index is 1.39. The number of hydrogen-bond donors (Lipinski definition) is 1. The second kappa shape index (κ2) is 9.63. The number of sulfonamides is 1. The van der Waals surface area contributed by atoms with E-state index in [4.69, 9.17) is 4.74 Å². The first-order chi connectivity index (χ1) is 14.9. The number of ether oxygens (including phenoxy) is 1. The fourth-order valence-electron chi connectivity index (χ4n) is 4.87. The predicted octanol–water partition coefficient (Wildman–Crippen LogP) is 3.02. The van der Waals surface area contributed by atoms with Crippen molar-refractivity contribution in [1.29, 1.82) is 0 Å². The lowest BCUT2D eigenvalue weighted by Crippen LogP contribution is -2.48. The number of nitrogens with one attached hydrogen (secondary N) is 1. The Morgan fingerprint density at radius 3 is 2.52 bits per heavy atom. The Bertz CT molecular complexity index is 962. The smallest absolute Gasteiger partial charge is 0.209 e. The third-order valence-electron chi connectivity index (χ3n) is 6.40. The van der Waals surface area contributed by atoms with Crippen LogP contribution in [0.3, 0.4) is 0 Å². The van der Waals surface area contributed by atoms with Gasteiger partial charge < -0.3 is 9.64 Å². The molecular weight excluding hydrogens is 412 g/mol. The van der Waals surface area contributed by atoms with E-state index < -0.39 is 10.0 Å². The fourth-order valence-corrected chi connectivity index (χ4v) is 5.69. The van der Waals surface area contributed by atoms with Crippen molar-refractivity contribution in [3.8, 4) is 0 Å². The molecule has 1 aromatic heterocycles. The summed E-state index contributed by atoms with van der Waals surface area (Å²) >= 11 is 0. The largest absolute Gasteiger partial charge is 0.376 e. The highest BCUT2D eigenvalue weighted by Crippen LogP contribution is 2.34. The zero-order valence-electron chi connectivity index (χ0n) is 18.3. The molecule has 1 saturated heterocycles. The van der Waals surface area contributed by atoms with Crippen LogP contribution in [0.5, 0.6) is 0 Å². The van der Waals surface area contributed by atoms with Crippen LogP contribution in [0.2, 0.25) is 0 Å². The first kappa shape index (κ1) is 22.2. The number of nitrogens with zero attached hydrogens (tertiary/aromatic N) is 3. The van der Waals surface area contributed by atoms with E-state index >= 15 is 0 Å². The van der Waals surface area contributed by atoms with Gasteiger partial charge in [-0.15, -0.1) is 0 Å². The summed E-state index contributed by atoms with van der Waals surface area (Å²) in [6.45, 7) is 3.11. The highest BCUT2D eigenvalue weighted by atomic mass is 32.2. The average molecular weight is 445 g/mol. The van der Waals surface area contributed by atoms with E-state index in [1.807, 2.05) is 6.92 Å². The van der Waals surface area contributed by atoms with E-state index in [1.54, 1.807) is 12.4 Å². The summed E-state index contributed by atoms with van der Waals surface area (Å²) in [7, 11) is -3.30. The molecule has 4 rings (SSSR count). The van der Waals surface area contributed by atoms with Gasteiger partial charge in [-0.1, -0.05) is 30.3 Å². The van der Waals surface area contributed by atoms with Gasteiger partial charge >= 0.3 is 0 Å². The van der Waals surface area contributed by atoms with Crippen molar-refractivity contribution >= 4 is 15.8 Å². The molecular formula is C23H32N4O3S. The van der Waals surface area contributed by atoms with Gasteiger partial charge in [0, 0.05) is 18.8 Å². The number of hydrogen-bond acceptors (Lipinski definition) is 6. The molecule has 2 fully saturated rings. The van der Waals surface area contributed by atoms with Crippen molar-refractivity contribution in [3.63, 3.8) is 0 Å². The second-order valence-corrected chi connectivity index (χ2v) is 10.6. The molecule has 2 atom stereocenters. The SMILES string of the molecule is Cc1cncc(N2CC[C@H](NS(C)(=O)=O)[C@@H]2COC2CCC(c3ccccc3)CC2)n1. The van der Waals surface area contributed by atoms with Crippen LogP contribution in [0.15, 0.2) is 42.7 Å². The van der Waals surface area contributed by atoms with Crippen LogP contribution in [0.1, 0.15) is 49.3 Å². The Hall–Kier alpha value is -2.03. The van der Waals surface area contributed by atoms with Gasteiger partial charge in [0.2, 0.25) is 10.0 Å². The monoisotopic (exact) mass is 444 g/mol. The summed E-state index contributed by atoms with van der Waals surface area (Å²) in [5.41, 5.74) is 2.26. The van der Waals surface area contributed by atoms with Crippen LogP contribution in [0.4, 0.5) is 5.82 Å². The molecule has 1 aromatic carbocycles. The van der Waals surface area contributed by atoms with Crippen molar-refractivity contribution in [1.82, 2.24) is 14.7 Å². The highest BCUT2D eigenvalue weighted by Gasteiger charge is 2.37. The van der Waals surface area contributed by atoms with E-state index in [9.17, 15) is 8.42 Å². The third-order valence-corrected chi connectivity index (χ3v) is 7.13. The molecule has 1 aliphatic heterocycles. The molecule has 1 saturated carbocycles. The lowest BCUT2D eigenvalue weighted by molar-refractivity contribution is 0.0156. The number of aromatic nitrogens is 2. The quantitative estimate of drug-likeness (QED) is 0.707. The summed E-state index contributed by atoms with van der Waals surface area (Å²) in [4.78, 5) is 11.0. The molecule has 0 bridgehead atoms. The van der Waals surface area contributed by atoms with Crippen LogP contribution >= 0.6 is 0 Å². The maximum absolute atomic E-state index is 11.9. The number of anilines is 1. The van der Waals surface area contributed by atoms with Crippen molar-refractivity contribution < 1.29 is 13.2 Å². The summed E-state index contributed by atoms with van der Waals surface area (Å²) in [6, 6.07) is 10.4. The molecule has 8 heteroatoms. The van der Waals surface area contributed by atoms with Gasteiger partial charge in [0.15, 0.2) is 0 Å². The average Bonchev–Trinajstić information content (AvgIpc) is 3.14. The summed E-state index contributed by atoms with van der Waals surface area (Å²) in [5, 5.41) is 0. The molecule has 1 N–H and O–H groups in total. The van der Waals surface area contributed by atoms with Crippen LogP contribution in [0, 0.1) is 6.92 Å². The molecule has 7 nitrogen and oxygen atoms in total. The zero-order chi connectivity index (χ0) is 21.8. The van der Waals surface area contributed by atoms with Crippen LogP contribution < -0.4 is 9.62 Å². The van der Waals surface area contributed by atoms with Crippen LogP contribution in [-0.2, 0) is 14.8 Å². The molecule has 0 unspecified atom stereocenters. The topological polar surface area (TPSA) is 84.4 Å². The van der Waals surface area contributed by atoms with E-state index in [1.165, 1.54) is 11.8 Å². The van der Waals surface area contributed by atoms with Gasteiger partial charge in [0.25, 0.3) is 0 Å². The minimum absolute atomic E-state index is 0.0994. The molecule has 2 aliphatic rings. The summed E-state index contributed by atoms with van der Waals surface area (Å²) in [6.07, 6.45) is 9.92. The van der Waals surface area contributed by atoms with Gasteiger partial charge in [0.05, 0.1) is 36.9 Å². The minimum atomic E-state index is -3.30. The van der Waals surface area contributed by atoms with Crippen molar-refractivity contribution in [2.45, 2.75) is 63.1 Å². The number of aryl methyl sites for hydroxylation is 1. The van der Waals surface area contributed by atoms with Crippen LogP contribution in [0.25, 0.3) is 0 Å². The molecule has 168 valence electrons. The highest BCUT2D eigenvalue weighted by molar-refractivity contribution is 7.88. The van der Waals surface area contributed by atoms with E-state index in [0.29, 0.717) is 12.5 Å². The lowest BCUT2D eigenvalue weighted by Gasteiger charge is -2.33. The second-order valence-electron chi connectivity index (χ2n) is 8.78. The molecule has 0 spiro atoms. The normalized spacial score (nSPS) is 26.8. The van der Waals surface area contributed by atoms with Gasteiger partial charge in [0.1, 0.15) is 5.82 Å². The Kier molecular flexibility index (Phi) is 6.89. The standard InChI is InChI=1S/C23H32N4O3S/c1-17-14-24-15-23(25-17)27-13-12-21(26-31(2,28)29)22(27)16-30-20-10-8-19(9-11-20)18-6-4-3-5-7-18/h3-7,14-15,19-22,26H,8-13,16H2,1-2H3/t19?,20?,21-,22-/m0/s1. The molecule has 2 aromatic rings. The summed E-state index contributed by atoms with van der Waals surface area (Å²) in [5.74, 6) is 1.38. The Labute approximate surface area is 185 Å². The predicted molar refractivity (Wildman–Crippen MR) is 122 cm³/mol. The lowest BCUT2D eigenvalue weighted by atomic mass is 9.83.